The smallest absolute Gasteiger partial charge is 0.308 e. The molecule has 0 aliphatic heterocycles. The van der Waals surface area contributed by atoms with Gasteiger partial charge in [-0.1, -0.05) is 17.7 Å². The molecule has 1 aromatic rings. The van der Waals surface area contributed by atoms with E-state index in [-0.39, 0.29) is 30.6 Å². The van der Waals surface area contributed by atoms with Crippen molar-refractivity contribution in [2.24, 2.45) is 0 Å². The number of hydrogen-bond donors (Lipinski definition) is 3. The van der Waals surface area contributed by atoms with Gasteiger partial charge in [0, 0.05) is 5.02 Å². The van der Waals surface area contributed by atoms with Crippen LogP contribution < -0.4 is 0 Å². The van der Waals surface area contributed by atoms with Crippen LogP contribution >= 0.6 is 11.6 Å². The molecule has 3 N–H and O–H groups in total. The van der Waals surface area contributed by atoms with Crippen LogP contribution in [0.2, 0.25) is 5.02 Å². The Bertz CT molecular complexity index is 516. The lowest BCUT2D eigenvalue weighted by molar-refractivity contribution is -0.147. The van der Waals surface area contributed by atoms with Crippen LogP contribution in [0.5, 0.6) is 0 Å². The van der Waals surface area contributed by atoms with Crippen LogP contribution in [0.25, 0.3) is 0 Å². The second-order valence-corrected chi connectivity index (χ2v) is 4.87. The van der Waals surface area contributed by atoms with E-state index in [1.165, 1.54) is 18.2 Å². The molecule has 0 bridgehead atoms. The molecule has 1 aromatic carbocycles. The molecule has 0 saturated heterocycles. The highest BCUT2D eigenvalue weighted by atomic mass is 35.5. The minimum atomic E-state index is -1.40. The van der Waals surface area contributed by atoms with E-state index in [0.29, 0.717) is 5.02 Å². The van der Waals surface area contributed by atoms with Crippen LogP contribution in [0.3, 0.4) is 0 Å². The van der Waals surface area contributed by atoms with Crippen LogP contribution in [0.4, 0.5) is 0 Å². The van der Waals surface area contributed by atoms with E-state index in [9.17, 15) is 19.8 Å². The highest BCUT2D eigenvalue weighted by molar-refractivity contribution is 6.30. The number of benzene rings is 1. The van der Waals surface area contributed by atoms with Crippen LogP contribution in [0, 0.1) is 0 Å². The topological polar surface area (TPSA) is 104 Å². The average Bonchev–Trinajstić information content (AvgIpc) is 2.37. The predicted octanol–water partition coefficient (Wildman–Crippen LogP) is 1.31. The SMILES string of the molecule is CCOC(=O)CC(O)C(O)c1ccc(Cl)cc1CC(=O)O. The zero-order valence-corrected chi connectivity index (χ0v) is 12.2. The van der Waals surface area contributed by atoms with Gasteiger partial charge in [0.1, 0.15) is 6.10 Å². The van der Waals surface area contributed by atoms with E-state index in [0.717, 1.165) is 0 Å². The molecule has 7 heteroatoms. The fourth-order valence-electron chi connectivity index (χ4n) is 1.89. The number of aliphatic carboxylic acids is 1. The van der Waals surface area contributed by atoms with Gasteiger partial charge in [-0.3, -0.25) is 9.59 Å². The van der Waals surface area contributed by atoms with Crippen LogP contribution in [-0.4, -0.2) is 40.0 Å². The van der Waals surface area contributed by atoms with Crippen LogP contribution in [-0.2, 0) is 20.7 Å². The lowest BCUT2D eigenvalue weighted by Crippen LogP contribution is -2.24. The molecular weight excluding hydrogens is 300 g/mol. The second-order valence-electron chi connectivity index (χ2n) is 4.43. The number of ether oxygens (including phenoxy) is 1. The van der Waals surface area contributed by atoms with Gasteiger partial charge < -0.3 is 20.1 Å². The Balaban J connectivity index is 2.92. The van der Waals surface area contributed by atoms with Crippen LogP contribution in [0.1, 0.15) is 30.6 Å². The van der Waals surface area contributed by atoms with Gasteiger partial charge in [0.05, 0.1) is 25.6 Å². The Labute approximate surface area is 126 Å². The number of esters is 1. The molecule has 0 aromatic heterocycles. The third-order valence-corrected chi connectivity index (χ3v) is 3.05. The highest BCUT2D eigenvalue weighted by Crippen LogP contribution is 2.26. The maximum Gasteiger partial charge on any atom is 0.308 e. The molecule has 0 spiro atoms. The standard InChI is InChI=1S/C14H17ClO6/c1-2-21-13(19)7-11(16)14(20)10-4-3-9(15)5-8(10)6-12(17)18/h3-5,11,14,16,20H,2,6-7H2,1H3,(H,17,18). The first-order chi connectivity index (χ1) is 9.85. The first kappa shape index (κ1) is 17.4. The van der Waals surface area contributed by atoms with Crippen molar-refractivity contribution in [1.82, 2.24) is 0 Å². The van der Waals surface area contributed by atoms with Crippen molar-refractivity contribution in [3.63, 3.8) is 0 Å². The molecule has 0 radical (unpaired) electrons. The number of hydrogen-bond acceptors (Lipinski definition) is 5. The minimum Gasteiger partial charge on any atom is -0.481 e. The van der Waals surface area contributed by atoms with E-state index < -0.39 is 24.1 Å². The average molecular weight is 317 g/mol. The molecule has 0 aliphatic carbocycles. The lowest BCUT2D eigenvalue weighted by Gasteiger charge is -2.20. The molecule has 0 fully saturated rings. The lowest BCUT2D eigenvalue weighted by atomic mass is 9.95. The van der Waals surface area contributed by atoms with Crippen LogP contribution in [0.15, 0.2) is 18.2 Å². The number of aliphatic hydroxyl groups excluding tert-OH is 2. The van der Waals surface area contributed by atoms with E-state index in [1.54, 1.807) is 6.92 Å². The first-order valence-corrected chi connectivity index (χ1v) is 6.74. The molecular formula is C14H17ClO6. The summed E-state index contributed by atoms with van der Waals surface area (Å²) in [6, 6.07) is 4.31. The van der Waals surface area contributed by atoms with Gasteiger partial charge in [-0.05, 0) is 30.2 Å². The zero-order valence-electron chi connectivity index (χ0n) is 11.5. The quantitative estimate of drug-likeness (QED) is 0.655. The first-order valence-electron chi connectivity index (χ1n) is 6.37. The molecule has 6 nitrogen and oxygen atoms in total. The molecule has 2 unspecified atom stereocenters. The Kier molecular flexibility index (Phi) is 6.61. The molecule has 0 saturated carbocycles. The van der Waals surface area contributed by atoms with E-state index in [1.807, 2.05) is 0 Å². The van der Waals surface area contributed by atoms with Crippen molar-refractivity contribution in [3.8, 4) is 0 Å². The minimum absolute atomic E-state index is 0.173. The number of carboxylic acid groups (broad SMARTS) is 1. The summed E-state index contributed by atoms with van der Waals surface area (Å²) in [5, 5.41) is 29.1. The number of carbonyl (C=O) groups excluding carboxylic acids is 1. The van der Waals surface area contributed by atoms with Crippen molar-refractivity contribution >= 4 is 23.5 Å². The number of rotatable bonds is 7. The maximum atomic E-state index is 11.3. The molecule has 0 heterocycles. The summed E-state index contributed by atoms with van der Waals surface area (Å²) in [5.41, 5.74) is 0.504. The summed E-state index contributed by atoms with van der Waals surface area (Å²) >= 11 is 5.80. The van der Waals surface area contributed by atoms with Gasteiger partial charge in [-0.15, -0.1) is 0 Å². The normalized spacial score (nSPS) is 13.5. The Hall–Kier alpha value is -1.63. The van der Waals surface area contributed by atoms with Gasteiger partial charge in [0.2, 0.25) is 0 Å². The van der Waals surface area contributed by atoms with Crippen molar-refractivity contribution < 1.29 is 29.6 Å². The number of halogens is 1. The predicted molar refractivity (Wildman–Crippen MR) is 75.0 cm³/mol. The van der Waals surface area contributed by atoms with Gasteiger partial charge in [-0.25, -0.2) is 0 Å². The van der Waals surface area contributed by atoms with Crippen molar-refractivity contribution in [2.45, 2.75) is 32.0 Å². The molecule has 21 heavy (non-hydrogen) atoms. The van der Waals surface area contributed by atoms with Gasteiger partial charge in [0.25, 0.3) is 0 Å². The largest absolute Gasteiger partial charge is 0.481 e. The summed E-state index contributed by atoms with van der Waals surface area (Å²) in [4.78, 5) is 22.1. The molecule has 2 atom stereocenters. The number of carbonyl (C=O) groups is 2. The molecule has 0 amide bonds. The van der Waals surface area contributed by atoms with E-state index >= 15 is 0 Å². The summed E-state index contributed by atoms with van der Waals surface area (Å²) < 4.78 is 4.69. The van der Waals surface area contributed by atoms with Gasteiger partial charge in [0.15, 0.2) is 0 Å². The van der Waals surface area contributed by atoms with Gasteiger partial charge in [-0.2, -0.15) is 0 Å². The van der Waals surface area contributed by atoms with Crippen molar-refractivity contribution in [2.75, 3.05) is 6.61 Å². The Morgan fingerprint density at radius 1 is 1.33 bits per heavy atom. The number of aliphatic hydroxyl groups is 2. The van der Waals surface area contributed by atoms with E-state index in [2.05, 4.69) is 4.74 Å². The van der Waals surface area contributed by atoms with E-state index in [4.69, 9.17) is 16.7 Å². The fraction of sp³-hybridized carbons (Fsp3) is 0.429. The number of carboxylic acids is 1. The summed E-state index contributed by atoms with van der Waals surface area (Å²) in [7, 11) is 0. The summed E-state index contributed by atoms with van der Waals surface area (Å²) in [6.45, 7) is 1.80. The fourth-order valence-corrected chi connectivity index (χ4v) is 2.08. The zero-order chi connectivity index (χ0) is 16.0. The van der Waals surface area contributed by atoms with Crippen molar-refractivity contribution in [3.05, 3.63) is 34.3 Å². The van der Waals surface area contributed by atoms with Gasteiger partial charge >= 0.3 is 11.9 Å². The molecule has 0 aliphatic rings. The van der Waals surface area contributed by atoms with Crippen molar-refractivity contribution in [1.29, 1.82) is 0 Å². The molecule has 1 rings (SSSR count). The Morgan fingerprint density at radius 2 is 2.00 bits per heavy atom. The summed E-state index contributed by atoms with van der Waals surface area (Å²) in [5.74, 6) is -1.73. The monoisotopic (exact) mass is 316 g/mol. The summed E-state index contributed by atoms with van der Waals surface area (Å²) in [6.07, 6.45) is -3.53. The second kappa shape index (κ2) is 7.97. The highest BCUT2D eigenvalue weighted by Gasteiger charge is 2.24. The Morgan fingerprint density at radius 3 is 2.57 bits per heavy atom. The maximum absolute atomic E-state index is 11.3. The third-order valence-electron chi connectivity index (χ3n) is 2.81. The molecule has 116 valence electrons. The third kappa shape index (κ3) is 5.34.